The summed E-state index contributed by atoms with van der Waals surface area (Å²) in [4.78, 5) is 2.24. The van der Waals surface area contributed by atoms with Crippen molar-refractivity contribution >= 4 is 0 Å². The van der Waals surface area contributed by atoms with Gasteiger partial charge in [-0.15, -0.1) is 0 Å². The summed E-state index contributed by atoms with van der Waals surface area (Å²) in [5.74, 6) is 0. The maximum Gasteiger partial charge on any atom is 0.0615 e. The predicted octanol–water partition coefficient (Wildman–Crippen LogP) is -0.0765. The molecule has 2 atom stereocenters. The van der Waals surface area contributed by atoms with Gasteiger partial charge in [-0.2, -0.15) is 0 Å². The van der Waals surface area contributed by atoms with Gasteiger partial charge in [-0.3, -0.25) is 0 Å². The van der Waals surface area contributed by atoms with Crippen molar-refractivity contribution in [1.29, 1.82) is 0 Å². The van der Waals surface area contributed by atoms with E-state index in [4.69, 9.17) is 9.84 Å². The molecule has 0 aromatic carbocycles. The first-order valence-electron chi connectivity index (χ1n) is 5.13. The summed E-state index contributed by atoms with van der Waals surface area (Å²) in [6.45, 7) is 4.05. The molecule has 0 radical (unpaired) electrons. The van der Waals surface area contributed by atoms with Crippen LogP contribution in [0.5, 0.6) is 0 Å². The molecule has 0 saturated carbocycles. The van der Waals surface area contributed by atoms with Crippen LogP contribution in [0.3, 0.4) is 0 Å². The summed E-state index contributed by atoms with van der Waals surface area (Å²) < 4.78 is 5.08. The average Bonchev–Trinajstić information content (AvgIpc) is 2.19. The molecule has 86 valence electrons. The Morgan fingerprint density at radius 3 is 2.57 bits per heavy atom. The van der Waals surface area contributed by atoms with Crippen molar-refractivity contribution < 1.29 is 9.84 Å². The van der Waals surface area contributed by atoms with Gasteiger partial charge in [0.25, 0.3) is 0 Å². The number of ether oxygens (including phenoxy) is 1. The monoisotopic (exact) mass is 204 g/mol. The Balaban J connectivity index is 3.65. The van der Waals surface area contributed by atoms with Crippen molar-refractivity contribution in [2.75, 3.05) is 41.0 Å². The minimum absolute atomic E-state index is 0.197. The summed E-state index contributed by atoms with van der Waals surface area (Å²) in [6, 6.07) is 0.628. The quantitative estimate of drug-likeness (QED) is 0.581. The third kappa shape index (κ3) is 5.54. The fraction of sp³-hybridized carbons (Fsp3) is 1.00. The van der Waals surface area contributed by atoms with Crippen molar-refractivity contribution in [1.82, 2.24) is 10.2 Å². The van der Waals surface area contributed by atoms with E-state index in [1.54, 1.807) is 7.11 Å². The van der Waals surface area contributed by atoms with Gasteiger partial charge in [-0.05, 0) is 34.0 Å². The van der Waals surface area contributed by atoms with E-state index < -0.39 is 0 Å². The Labute approximate surface area is 87.2 Å². The van der Waals surface area contributed by atoms with E-state index >= 15 is 0 Å². The second kappa shape index (κ2) is 8.17. The fourth-order valence-corrected chi connectivity index (χ4v) is 1.28. The van der Waals surface area contributed by atoms with E-state index in [2.05, 4.69) is 24.2 Å². The highest BCUT2D eigenvalue weighted by molar-refractivity contribution is 4.68. The summed E-state index contributed by atoms with van der Waals surface area (Å²) in [6.07, 6.45) is 0.956. The molecule has 0 saturated heterocycles. The molecule has 0 aliphatic rings. The van der Waals surface area contributed by atoms with Gasteiger partial charge in [0.15, 0.2) is 0 Å². The van der Waals surface area contributed by atoms with Crippen molar-refractivity contribution in [2.45, 2.75) is 25.4 Å². The molecule has 0 fully saturated rings. The van der Waals surface area contributed by atoms with Crippen molar-refractivity contribution in [2.24, 2.45) is 0 Å². The topological polar surface area (TPSA) is 44.7 Å². The molecule has 2 N–H and O–H groups in total. The standard InChI is InChI=1S/C10H24N2O2/c1-9(8-14-4)12(3)6-5-10(7-13)11-2/h9-11,13H,5-8H2,1-4H3. The van der Waals surface area contributed by atoms with Gasteiger partial charge in [0.2, 0.25) is 0 Å². The van der Waals surface area contributed by atoms with Crippen molar-refractivity contribution in [3.63, 3.8) is 0 Å². The molecule has 0 amide bonds. The van der Waals surface area contributed by atoms with Crippen LogP contribution in [0.1, 0.15) is 13.3 Å². The van der Waals surface area contributed by atoms with E-state index in [1.807, 2.05) is 7.05 Å². The summed E-state index contributed by atoms with van der Waals surface area (Å²) in [5, 5.41) is 12.0. The Bertz CT molecular complexity index is 129. The molecule has 0 aromatic heterocycles. The molecule has 0 aliphatic carbocycles. The molecule has 0 aliphatic heterocycles. The number of hydrogen-bond donors (Lipinski definition) is 2. The largest absolute Gasteiger partial charge is 0.395 e. The average molecular weight is 204 g/mol. The zero-order valence-electron chi connectivity index (χ0n) is 9.79. The Morgan fingerprint density at radius 2 is 2.14 bits per heavy atom. The fourth-order valence-electron chi connectivity index (χ4n) is 1.28. The maximum absolute atomic E-state index is 8.98. The number of hydrogen-bond acceptors (Lipinski definition) is 4. The van der Waals surface area contributed by atoms with Crippen LogP contribution in [-0.4, -0.2) is 63.1 Å². The van der Waals surface area contributed by atoms with E-state index in [0.717, 1.165) is 19.6 Å². The first kappa shape index (κ1) is 13.8. The highest BCUT2D eigenvalue weighted by Gasteiger charge is 2.10. The van der Waals surface area contributed by atoms with Crippen molar-refractivity contribution in [3.8, 4) is 0 Å². The van der Waals surface area contributed by atoms with Gasteiger partial charge >= 0.3 is 0 Å². The summed E-state index contributed by atoms with van der Waals surface area (Å²) in [5.41, 5.74) is 0. The van der Waals surface area contributed by atoms with Gasteiger partial charge in [0.05, 0.1) is 13.2 Å². The van der Waals surface area contributed by atoms with Crippen LogP contribution < -0.4 is 5.32 Å². The normalized spacial score (nSPS) is 15.9. The lowest BCUT2D eigenvalue weighted by Gasteiger charge is -2.25. The number of methoxy groups -OCH3 is 1. The third-order valence-corrected chi connectivity index (χ3v) is 2.62. The Morgan fingerprint density at radius 1 is 1.50 bits per heavy atom. The van der Waals surface area contributed by atoms with Gasteiger partial charge < -0.3 is 20.1 Å². The number of aliphatic hydroxyl groups is 1. The van der Waals surface area contributed by atoms with E-state index in [9.17, 15) is 0 Å². The molecule has 0 aromatic rings. The first-order valence-corrected chi connectivity index (χ1v) is 5.13. The Kier molecular flexibility index (Phi) is 8.08. The highest BCUT2D eigenvalue weighted by Crippen LogP contribution is 1.99. The molecule has 0 bridgehead atoms. The van der Waals surface area contributed by atoms with Crippen LogP contribution in [0.2, 0.25) is 0 Å². The molecule has 2 unspecified atom stereocenters. The second-order valence-corrected chi connectivity index (χ2v) is 3.74. The molecule has 14 heavy (non-hydrogen) atoms. The lowest BCUT2D eigenvalue weighted by atomic mass is 10.2. The lowest BCUT2D eigenvalue weighted by Crippen LogP contribution is -2.38. The number of aliphatic hydroxyl groups excluding tert-OH is 1. The predicted molar refractivity (Wildman–Crippen MR) is 58.5 cm³/mol. The molecule has 0 heterocycles. The summed E-state index contributed by atoms with van der Waals surface area (Å²) in [7, 11) is 5.67. The van der Waals surface area contributed by atoms with E-state index in [1.165, 1.54) is 0 Å². The van der Waals surface area contributed by atoms with Crippen LogP contribution in [0.25, 0.3) is 0 Å². The number of nitrogens with one attached hydrogen (secondary N) is 1. The van der Waals surface area contributed by atoms with Gasteiger partial charge in [-0.25, -0.2) is 0 Å². The van der Waals surface area contributed by atoms with Crippen LogP contribution in [0.15, 0.2) is 0 Å². The third-order valence-electron chi connectivity index (χ3n) is 2.62. The van der Waals surface area contributed by atoms with Crippen LogP contribution >= 0.6 is 0 Å². The maximum atomic E-state index is 8.98. The minimum Gasteiger partial charge on any atom is -0.395 e. The van der Waals surface area contributed by atoms with E-state index in [0.29, 0.717) is 6.04 Å². The molecule has 0 spiro atoms. The number of likely N-dealkylation sites (N-methyl/N-ethyl adjacent to an activating group) is 2. The SMILES string of the molecule is CNC(CO)CCN(C)C(C)COC. The lowest BCUT2D eigenvalue weighted by molar-refractivity contribution is 0.110. The van der Waals surface area contributed by atoms with Crippen LogP contribution in [0.4, 0.5) is 0 Å². The smallest absolute Gasteiger partial charge is 0.0615 e. The zero-order valence-corrected chi connectivity index (χ0v) is 9.79. The molecule has 0 rings (SSSR count). The molecule has 4 nitrogen and oxygen atoms in total. The zero-order chi connectivity index (χ0) is 11.0. The van der Waals surface area contributed by atoms with Gasteiger partial charge in [0.1, 0.15) is 0 Å². The number of nitrogens with zero attached hydrogens (tertiary/aromatic N) is 1. The summed E-state index contributed by atoms with van der Waals surface area (Å²) >= 11 is 0. The van der Waals surface area contributed by atoms with Gasteiger partial charge in [-0.1, -0.05) is 0 Å². The highest BCUT2D eigenvalue weighted by atomic mass is 16.5. The van der Waals surface area contributed by atoms with Crippen molar-refractivity contribution in [3.05, 3.63) is 0 Å². The first-order chi connectivity index (χ1) is 6.65. The molecular weight excluding hydrogens is 180 g/mol. The van der Waals surface area contributed by atoms with Gasteiger partial charge in [0, 0.05) is 19.2 Å². The number of rotatable bonds is 8. The molecular formula is C10H24N2O2. The minimum atomic E-state index is 0.197. The Hall–Kier alpha value is -0.160. The van der Waals surface area contributed by atoms with E-state index in [-0.39, 0.29) is 12.6 Å². The van der Waals surface area contributed by atoms with Crippen LogP contribution in [0, 0.1) is 0 Å². The second-order valence-electron chi connectivity index (χ2n) is 3.74. The molecule has 4 heteroatoms. The van der Waals surface area contributed by atoms with Crippen LogP contribution in [-0.2, 0) is 4.74 Å².